The Balaban J connectivity index is 1.06. The van der Waals surface area contributed by atoms with Crippen molar-refractivity contribution in [1.82, 2.24) is 15.0 Å². The predicted octanol–water partition coefficient (Wildman–Crippen LogP) is 14.3. The molecule has 5 heteroatoms. The summed E-state index contributed by atoms with van der Waals surface area (Å²) in [6, 6.07) is 65.2. The molecule has 270 valence electrons. The minimum absolute atomic E-state index is 0.575. The summed E-state index contributed by atoms with van der Waals surface area (Å²) in [7, 11) is 0. The molecular weight excluding hydrogens is 711 g/mol. The maximum Gasteiger partial charge on any atom is 0.164 e. The third-order valence-corrected chi connectivity index (χ3v) is 11.3. The molecule has 0 atom stereocenters. The summed E-state index contributed by atoms with van der Waals surface area (Å²) >= 11 is 0. The van der Waals surface area contributed by atoms with Crippen molar-refractivity contribution >= 4 is 65.4 Å². The molecule has 0 saturated carbocycles. The molecule has 0 radical (unpaired) electrons. The number of aromatic nitrogens is 3. The molecule has 58 heavy (non-hydrogen) atoms. The highest BCUT2D eigenvalue weighted by molar-refractivity contribution is 6.19. The van der Waals surface area contributed by atoms with E-state index >= 15 is 0 Å². The van der Waals surface area contributed by atoms with Gasteiger partial charge in [0.05, 0.1) is 0 Å². The third-order valence-electron chi connectivity index (χ3n) is 11.3. The van der Waals surface area contributed by atoms with Crippen molar-refractivity contribution in [1.29, 1.82) is 0 Å². The summed E-state index contributed by atoms with van der Waals surface area (Å²) in [5.74, 6) is 1.75. The van der Waals surface area contributed by atoms with Gasteiger partial charge < -0.3 is 8.83 Å². The fraction of sp³-hybridized carbons (Fsp3) is 0. The lowest BCUT2D eigenvalue weighted by Crippen LogP contribution is -2.00. The van der Waals surface area contributed by atoms with Crippen molar-refractivity contribution in [2.45, 2.75) is 0 Å². The molecule has 0 amide bonds. The summed E-state index contributed by atoms with van der Waals surface area (Å²) < 4.78 is 12.8. The minimum atomic E-state index is 0.575. The summed E-state index contributed by atoms with van der Waals surface area (Å²) in [5.41, 5.74) is 10.5. The molecule has 0 fully saturated rings. The van der Waals surface area contributed by atoms with Crippen LogP contribution < -0.4 is 0 Å². The normalized spacial score (nSPS) is 11.8. The van der Waals surface area contributed by atoms with Crippen molar-refractivity contribution in [3.63, 3.8) is 0 Å². The summed E-state index contributed by atoms with van der Waals surface area (Å²) in [6.07, 6.45) is 0. The van der Waals surface area contributed by atoms with Crippen molar-refractivity contribution in [3.8, 4) is 56.4 Å². The molecule has 0 spiro atoms. The van der Waals surface area contributed by atoms with E-state index in [1.807, 2.05) is 30.3 Å². The van der Waals surface area contributed by atoms with E-state index in [1.165, 1.54) is 16.3 Å². The highest BCUT2D eigenvalue weighted by Crippen LogP contribution is 2.40. The van der Waals surface area contributed by atoms with Crippen LogP contribution in [-0.4, -0.2) is 15.0 Å². The number of rotatable bonds is 5. The van der Waals surface area contributed by atoms with E-state index in [0.717, 1.165) is 88.0 Å². The maximum atomic E-state index is 6.53. The van der Waals surface area contributed by atoms with E-state index in [9.17, 15) is 0 Å². The molecule has 0 bridgehead atoms. The van der Waals surface area contributed by atoms with Gasteiger partial charge in [-0.1, -0.05) is 152 Å². The average molecular weight is 742 g/mol. The van der Waals surface area contributed by atoms with Crippen LogP contribution in [-0.2, 0) is 0 Å². The van der Waals surface area contributed by atoms with Crippen LogP contribution in [0.1, 0.15) is 0 Å². The van der Waals surface area contributed by atoms with Gasteiger partial charge >= 0.3 is 0 Å². The van der Waals surface area contributed by atoms with E-state index < -0.39 is 0 Å². The SMILES string of the molecule is c1ccc(-c2ccc3c(c2)oc2cccc(-c4nc(-c5ccc(-c6cccc7ccccc67)cc5)nc(-c5ccc6ccc7oc8ccccc8c7c6c5)n4)c23)cc1. The molecule has 0 aliphatic carbocycles. The molecule has 5 nitrogen and oxygen atoms in total. The van der Waals surface area contributed by atoms with Crippen LogP contribution in [0.2, 0.25) is 0 Å². The van der Waals surface area contributed by atoms with E-state index in [2.05, 4.69) is 158 Å². The smallest absolute Gasteiger partial charge is 0.164 e. The second kappa shape index (κ2) is 12.8. The Bertz CT molecular complexity index is 3560. The molecule has 3 heterocycles. The van der Waals surface area contributed by atoms with Crippen molar-refractivity contribution in [3.05, 3.63) is 188 Å². The number of nitrogens with zero attached hydrogens (tertiary/aromatic N) is 3. The van der Waals surface area contributed by atoms with Crippen LogP contribution >= 0.6 is 0 Å². The first-order valence-corrected chi connectivity index (χ1v) is 19.4. The lowest BCUT2D eigenvalue weighted by atomic mass is 9.97. The fourth-order valence-electron chi connectivity index (χ4n) is 8.54. The molecule has 12 rings (SSSR count). The molecular formula is C53H31N3O2. The highest BCUT2D eigenvalue weighted by Gasteiger charge is 2.19. The second-order valence-corrected chi connectivity index (χ2v) is 14.7. The van der Waals surface area contributed by atoms with Gasteiger partial charge in [0.25, 0.3) is 0 Å². The van der Waals surface area contributed by atoms with Crippen LogP contribution in [0.25, 0.3) is 122 Å². The number of hydrogen-bond acceptors (Lipinski definition) is 5. The summed E-state index contributed by atoms with van der Waals surface area (Å²) in [6.45, 7) is 0. The highest BCUT2D eigenvalue weighted by atomic mass is 16.3. The predicted molar refractivity (Wildman–Crippen MR) is 237 cm³/mol. The topological polar surface area (TPSA) is 65.0 Å². The summed E-state index contributed by atoms with van der Waals surface area (Å²) in [4.78, 5) is 15.7. The average Bonchev–Trinajstić information content (AvgIpc) is 3.87. The zero-order valence-corrected chi connectivity index (χ0v) is 31.1. The number of benzene rings is 9. The first-order chi connectivity index (χ1) is 28.7. The van der Waals surface area contributed by atoms with E-state index in [0.29, 0.717) is 17.5 Å². The van der Waals surface area contributed by atoms with Crippen molar-refractivity contribution < 1.29 is 8.83 Å². The Hall–Kier alpha value is -7.89. The molecule has 9 aromatic carbocycles. The number of fused-ring (bicyclic) bond motifs is 9. The zero-order chi connectivity index (χ0) is 38.2. The van der Waals surface area contributed by atoms with Gasteiger partial charge in [-0.05, 0) is 80.2 Å². The molecule has 3 aromatic heterocycles. The largest absolute Gasteiger partial charge is 0.456 e. The van der Waals surface area contributed by atoms with Gasteiger partial charge in [0.15, 0.2) is 17.5 Å². The van der Waals surface area contributed by atoms with Crippen LogP contribution in [0, 0.1) is 0 Å². The molecule has 12 aromatic rings. The van der Waals surface area contributed by atoms with Crippen molar-refractivity contribution in [2.75, 3.05) is 0 Å². The van der Waals surface area contributed by atoms with Gasteiger partial charge in [0, 0.05) is 38.2 Å². The Morgan fingerprint density at radius 1 is 0.276 bits per heavy atom. The Morgan fingerprint density at radius 3 is 1.76 bits per heavy atom. The van der Waals surface area contributed by atoms with Crippen LogP contribution in [0.5, 0.6) is 0 Å². The Kier molecular flexibility index (Phi) is 7.16. The first kappa shape index (κ1) is 32.4. The van der Waals surface area contributed by atoms with Crippen LogP contribution in [0.4, 0.5) is 0 Å². The maximum absolute atomic E-state index is 6.53. The van der Waals surface area contributed by atoms with Gasteiger partial charge in [-0.25, -0.2) is 15.0 Å². The van der Waals surface area contributed by atoms with Gasteiger partial charge in [-0.3, -0.25) is 0 Å². The number of para-hydroxylation sites is 1. The summed E-state index contributed by atoms with van der Waals surface area (Å²) in [5, 5.41) is 8.77. The molecule has 0 saturated heterocycles. The molecule has 0 unspecified atom stereocenters. The van der Waals surface area contributed by atoms with E-state index in [4.69, 9.17) is 23.8 Å². The van der Waals surface area contributed by atoms with Gasteiger partial charge in [0.1, 0.15) is 22.3 Å². The van der Waals surface area contributed by atoms with Crippen molar-refractivity contribution in [2.24, 2.45) is 0 Å². The Labute approximate surface area is 332 Å². The van der Waals surface area contributed by atoms with Crippen LogP contribution in [0.15, 0.2) is 197 Å². The van der Waals surface area contributed by atoms with Crippen LogP contribution in [0.3, 0.4) is 0 Å². The van der Waals surface area contributed by atoms with E-state index in [1.54, 1.807) is 0 Å². The van der Waals surface area contributed by atoms with Gasteiger partial charge in [-0.2, -0.15) is 0 Å². The zero-order valence-electron chi connectivity index (χ0n) is 31.1. The quantitative estimate of drug-likeness (QED) is 0.176. The standard InChI is InChI=1S/C53H31N3O2/c1-2-10-32(11-3-1)37-26-28-42-48(31-37)58-46-19-9-17-43(49(42)46)53-55-51(36-23-20-34(21-24-36)40-16-8-13-33-12-4-5-14-39(33)40)54-52(56-53)38-25-22-35-27-29-47-50(44(35)30-38)41-15-6-7-18-45(41)57-47/h1-31H. The third kappa shape index (κ3) is 5.21. The lowest BCUT2D eigenvalue weighted by molar-refractivity contribution is 0.669. The van der Waals surface area contributed by atoms with E-state index in [-0.39, 0.29) is 0 Å². The first-order valence-electron chi connectivity index (χ1n) is 19.4. The number of hydrogen-bond donors (Lipinski definition) is 0. The molecule has 0 aliphatic rings. The molecule has 0 aliphatic heterocycles. The minimum Gasteiger partial charge on any atom is -0.456 e. The Morgan fingerprint density at radius 2 is 0.862 bits per heavy atom. The lowest BCUT2D eigenvalue weighted by Gasteiger charge is -2.11. The van der Waals surface area contributed by atoms with Gasteiger partial charge in [0.2, 0.25) is 0 Å². The fourth-order valence-corrected chi connectivity index (χ4v) is 8.54. The second-order valence-electron chi connectivity index (χ2n) is 14.7. The monoisotopic (exact) mass is 741 g/mol. The number of furan rings is 2. The molecule has 0 N–H and O–H groups in total. The van der Waals surface area contributed by atoms with Gasteiger partial charge in [-0.15, -0.1) is 0 Å².